The van der Waals surface area contributed by atoms with Crippen LogP contribution in [0.15, 0.2) is 24.6 Å². The Balaban J connectivity index is 1.59. The molecule has 1 aromatic carbocycles. The second-order valence-corrected chi connectivity index (χ2v) is 10.8. The summed E-state index contributed by atoms with van der Waals surface area (Å²) in [7, 11) is 4.27. The summed E-state index contributed by atoms with van der Waals surface area (Å²) in [5.41, 5.74) is 3.96. The fourth-order valence-corrected chi connectivity index (χ4v) is 7.55. The summed E-state index contributed by atoms with van der Waals surface area (Å²) in [5, 5.41) is 6.76. The quantitative estimate of drug-likeness (QED) is 0.319. The second kappa shape index (κ2) is 7.79. The van der Waals surface area contributed by atoms with Gasteiger partial charge in [0.05, 0.1) is 17.8 Å². The van der Waals surface area contributed by atoms with Crippen LogP contribution in [-0.4, -0.2) is 49.8 Å². The average molecular weight is 439 g/mol. The standard InChI is InChI=1S/C23H33BN4O2P/c1-15-10-18-19(11-16(15)2)28(17(3)30-14-24-25-4)21-23(26-31-21)12-22(8-6-5-7-9-22)13-27(23)20(18)29/h10-11,21,25-26,31H,3,5-9,12-14H2,1-2,4H3/t21?,23-/m0/s1. The van der Waals surface area contributed by atoms with Crippen LogP contribution in [0.25, 0.3) is 0 Å². The number of rotatable bonds is 5. The van der Waals surface area contributed by atoms with Crippen LogP contribution in [-0.2, 0) is 4.74 Å². The summed E-state index contributed by atoms with van der Waals surface area (Å²) in [6.07, 6.45) is 7.36. The maximum atomic E-state index is 14.0. The minimum Gasteiger partial charge on any atom is -0.487 e. The van der Waals surface area contributed by atoms with Crippen molar-refractivity contribution in [2.45, 2.75) is 63.8 Å². The van der Waals surface area contributed by atoms with E-state index in [2.05, 4.69) is 52.7 Å². The van der Waals surface area contributed by atoms with E-state index in [1.807, 2.05) is 14.5 Å². The fraction of sp³-hybridized carbons (Fsp3) is 0.609. The number of carbonyl (C=O) groups excluding carboxylic acids is 1. The van der Waals surface area contributed by atoms with E-state index in [9.17, 15) is 4.79 Å². The first kappa shape index (κ1) is 21.3. The lowest BCUT2D eigenvalue weighted by molar-refractivity contribution is 0.0523. The van der Waals surface area contributed by atoms with Crippen LogP contribution in [0.5, 0.6) is 0 Å². The van der Waals surface area contributed by atoms with Crippen molar-refractivity contribution >= 4 is 27.7 Å². The second-order valence-electron chi connectivity index (χ2n) is 9.75. The van der Waals surface area contributed by atoms with Crippen molar-refractivity contribution in [2.75, 3.05) is 25.0 Å². The maximum absolute atomic E-state index is 14.0. The summed E-state index contributed by atoms with van der Waals surface area (Å²) in [6.45, 7) is 9.79. The molecule has 31 heavy (non-hydrogen) atoms. The third kappa shape index (κ3) is 3.23. The van der Waals surface area contributed by atoms with Gasteiger partial charge in [-0.25, -0.2) is 0 Å². The van der Waals surface area contributed by atoms with Crippen LogP contribution in [0, 0.1) is 19.3 Å². The highest BCUT2D eigenvalue weighted by molar-refractivity contribution is 7.39. The molecule has 2 spiro atoms. The first-order valence-corrected chi connectivity index (χ1v) is 12.5. The lowest BCUT2D eigenvalue weighted by Gasteiger charge is -2.55. The molecule has 3 aliphatic heterocycles. The molecule has 0 aromatic heterocycles. The molecule has 1 aromatic rings. The molecule has 3 heterocycles. The highest BCUT2D eigenvalue weighted by atomic mass is 31.1. The number of fused-ring (bicyclic) bond motifs is 1. The molecule has 1 aliphatic carbocycles. The van der Waals surface area contributed by atoms with Crippen molar-refractivity contribution in [1.82, 2.24) is 15.2 Å². The van der Waals surface area contributed by atoms with Gasteiger partial charge in [-0.3, -0.25) is 9.88 Å². The smallest absolute Gasteiger partial charge is 0.257 e. The average Bonchev–Trinajstić information content (AvgIpc) is 3.07. The number of amides is 1. The number of aryl methyl sites for hydroxylation is 2. The SMILES string of the molecule is C=C(OC[B]NC)N1c2cc(C)c(C)cc2C(=O)N2CC3(CCCCC3)C[C@]23NPC13. The lowest BCUT2D eigenvalue weighted by Crippen LogP contribution is -2.71. The number of hydrogen-bond acceptors (Lipinski definition) is 5. The van der Waals surface area contributed by atoms with Crippen LogP contribution in [0.3, 0.4) is 0 Å². The molecule has 2 N–H and O–H groups in total. The van der Waals surface area contributed by atoms with E-state index in [4.69, 9.17) is 4.74 Å². The summed E-state index contributed by atoms with van der Waals surface area (Å²) in [6, 6.07) is 4.22. The highest BCUT2D eigenvalue weighted by Gasteiger charge is 2.66. The van der Waals surface area contributed by atoms with E-state index in [0.29, 0.717) is 21.1 Å². The van der Waals surface area contributed by atoms with Crippen LogP contribution in [0.1, 0.15) is 60.0 Å². The molecule has 3 atom stereocenters. The number of anilines is 1. The van der Waals surface area contributed by atoms with E-state index >= 15 is 0 Å². The molecule has 1 saturated carbocycles. The predicted octanol–water partition coefficient (Wildman–Crippen LogP) is 3.42. The Hall–Kier alpha value is -1.56. The zero-order valence-electron chi connectivity index (χ0n) is 18.9. The summed E-state index contributed by atoms with van der Waals surface area (Å²) in [5.74, 6) is 0.927. The van der Waals surface area contributed by atoms with Crippen molar-refractivity contribution in [3.8, 4) is 0 Å². The number of benzene rings is 1. The third-order valence-corrected chi connectivity index (χ3v) is 9.41. The van der Waals surface area contributed by atoms with E-state index in [0.717, 1.165) is 29.8 Å². The summed E-state index contributed by atoms with van der Waals surface area (Å²) >= 11 is 0. The van der Waals surface area contributed by atoms with E-state index in [-0.39, 0.29) is 22.8 Å². The van der Waals surface area contributed by atoms with Gasteiger partial charge in [-0.2, -0.15) is 0 Å². The maximum Gasteiger partial charge on any atom is 0.257 e. The molecule has 8 heteroatoms. The van der Waals surface area contributed by atoms with Gasteiger partial charge >= 0.3 is 0 Å². The molecule has 2 saturated heterocycles. The van der Waals surface area contributed by atoms with Crippen LogP contribution in [0.4, 0.5) is 5.69 Å². The predicted molar refractivity (Wildman–Crippen MR) is 127 cm³/mol. The Labute approximate surface area is 188 Å². The van der Waals surface area contributed by atoms with Gasteiger partial charge in [0.25, 0.3) is 13.3 Å². The third-order valence-electron chi connectivity index (χ3n) is 7.82. The molecule has 5 rings (SSSR count). The minimum atomic E-state index is -0.327. The highest BCUT2D eigenvalue weighted by Crippen LogP contribution is 2.61. The topological polar surface area (TPSA) is 56.8 Å². The van der Waals surface area contributed by atoms with Gasteiger partial charge in [-0.05, 0) is 84.1 Å². The van der Waals surface area contributed by atoms with Crippen molar-refractivity contribution < 1.29 is 9.53 Å². The van der Waals surface area contributed by atoms with Crippen LogP contribution >= 0.6 is 8.73 Å². The van der Waals surface area contributed by atoms with Crippen molar-refractivity contribution in [3.05, 3.63) is 41.3 Å². The molecule has 1 radical (unpaired) electrons. The largest absolute Gasteiger partial charge is 0.487 e. The number of nitrogens with zero attached hydrogens (tertiary/aromatic N) is 2. The van der Waals surface area contributed by atoms with Crippen molar-refractivity contribution in [2.24, 2.45) is 5.41 Å². The first-order chi connectivity index (χ1) is 14.9. The van der Waals surface area contributed by atoms with Gasteiger partial charge in [-0.15, -0.1) is 0 Å². The Morgan fingerprint density at radius 1 is 1.32 bits per heavy atom. The molecule has 4 aliphatic rings. The molecule has 165 valence electrons. The molecule has 0 bridgehead atoms. The Morgan fingerprint density at radius 2 is 2.06 bits per heavy atom. The normalized spacial score (nSPS) is 29.1. The zero-order chi connectivity index (χ0) is 21.8. The molecule has 2 unspecified atom stereocenters. The molecule has 6 nitrogen and oxygen atoms in total. The van der Waals surface area contributed by atoms with Gasteiger partial charge < -0.3 is 19.8 Å². The van der Waals surface area contributed by atoms with E-state index < -0.39 is 0 Å². The minimum absolute atomic E-state index is 0.152. The first-order valence-electron chi connectivity index (χ1n) is 11.5. The summed E-state index contributed by atoms with van der Waals surface area (Å²) in [4.78, 5) is 18.4. The van der Waals surface area contributed by atoms with E-state index in [1.165, 1.54) is 37.7 Å². The number of nitrogens with one attached hydrogen (secondary N) is 2. The van der Waals surface area contributed by atoms with Crippen LogP contribution in [0.2, 0.25) is 0 Å². The van der Waals surface area contributed by atoms with Gasteiger partial charge in [0.2, 0.25) is 0 Å². The Morgan fingerprint density at radius 3 is 2.74 bits per heavy atom. The molecule has 3 fully saturated rings. The monoisotopic (exact) mass is 439 g/mol. The zero-order valence-corrected chi connectivity index (χ0v) is 19.9. The molecular formula is C23H33BN4O2P. The Bertz CT molecular complexity index is 919. The Kier molecular flexibility index (Phi) is 5.35. The lowest BCUT2D eigenvalue weighted by atomic mass is 9.72. The molecular weight excluding hydrogens is 406 g/mol. The number of carbonyl (C=O) groups is 1. The summed E-state index contributed by atoms with van der Waals surface area (Å²) < 4.78 is 6.03. The van der Waals surface area contributed by atoms with Crippen LogP contribution < -0.4 is 15.2 Å². The van der Waals surface area contributed by atoms with Crippen molar-refractivity contribution in [3.63, 3.8) is 0 Å². The van der Waals surface area contributed by atoms with Gasteiger partial charge in [0, 0.05) is 6.54 Å². The number of hydrogen-bond donors (Lipinski definition) is 2. The van der Waals surface area contributed by atoms with Gasteiger partial charge in [-0.1, -0.05) is 19.3 Å². The molecule has 1 amide bonds. The number of ether oxygens (including phenoxy) is 1. The van der Waals surface area contributed by atoms with Crippen molar-refractivity contribution in [1.29, 1.82) is 0 Å². The van der Waals surface area contributed by atoms with E-state index in [1.54, 1.807) is 0 Å². The fourth-order valence-electron chi connectivity index (χ4n) is 6.05. The van der Waals surface area contributed by atoms with Gasteiger partial charge in [0.1, 0.15) is 11.4 Å². The van der Waals surface area contributed by atoms with Gasteiger partial charge in [0.15, 0.2) is 5.88 Å².